The number of hydrogen-bond donors (Lipinski definition) is 2. The van der Waals surface area contributed by atoms with Crippen molar-refractivity contribution in [1.29, 1.82) is 0 Å². The third-order valence-corrected chi connectivity index (χ3v) is 4.14. The van der Waals surface area contributed by atoms with E-state index in [-0.39, 0.29) is 6.61 Å². The number of aryl methyl sites for hydroxylation is 1. The Bertz CT molecular complexity index is 691. The second-order valence-electron chi connectivity index (χ2n) is 6.12. The highest BCUT2D eigenvalue weighted by Crippen LogP contribution is 2.37. The molecule has 2 aromatic rings. The first-order valence-electron chi connectivity index (χ1n) is 9.17. The van der Waals surface area contributed by atoms with Gasteiger partial charge in [-0.15, -0.1) is 0 Å². The fraction of sp³-hybridized carbons (Fsp3) is 0.429. The zero-order valence-corrected chi connectivity index (χ0v) is 16.7. The third kappa shape index (κ3) is 7.39. The normalized spacial score (nSPS) is 10.8. The molecule has 0 fully saturated rings. The van der Waals surface area contributed by atoms with Gasteiger partial charge in [0.15, 0.2) is 11.5 Å². The van der Waals surface area contributed by atoms with Crippen molar-refractivity contribution in [3.8, 4) is 11.5 Å². The quantitative estimate of drug-likeness (QED) is 0.538. The summed E-state index contributed by atoms with van der Waals surface area (Å²) in [6.07, 6.45) is 0. The monoisotopic (exact) mass is 393 g/mol. The van der Waals surface area contributed by atoms with Crippen LogP contribution in [0.3, 0.4) is 0 Å². The van der Waals surface area contributed by atoms with Crippen LogP contribution in [-0.2, 0) is 17.9 Å². The molecule has 0 spiro atoms. The average molecular weight is 394 g/mol. The van der Waals surface area contributed by atoms with Gasteiger partial charge >= 0.3 is 0 Å². The number of hydrogen-bond acceptors (Lipinski definition) is 5. The predicted octanol–water partition coefficient (Wildman–Crippen LogP) is 3.72. The van der Waals surface area contributed by atoms with Crippen LogP contribution in [0.25, 0.3) is 0 Å². The molecule has 27 heavy (non-hydrogen) atoms. The van der Waals surface area contributed by atoms with E-state index in [9.17, 15) is 0 Å². The van der Waals surface area contributed by atoms with E-state index in [4.69, 9.17) is 30.9 Å². The lowest BCUT2D eigenvalue weighted by molar-refractivity contribution is 0.0938. The van der Waals surface area contributed by atoms with E-state index >= 15 is 0 Å². The summed E-state index contributed by atoms with van der Waals surface area (Å²) in [4.78, 5) is 0. The molecule has 0 saturated heterocycles. The molecular formula is C21H28ClNO4. The number of benzene rings is 2. The van der Waals surface area contributed by atoms with Gasteiger partial charge in [-0.1, -0.05) is 41.4 Å². The first-order valence-corrected chi connectivity index (χ1v) is 9.54. The Hall–Kier alpha value is -1.79. The molecule has 5 nitrogen and oxygen atoms in total. The predicted molar refractivity (Wildman–Crippen MR) is 108 cm³/mol. The van der Waals surface area contributed by atoms with Crippen LogP contribution in [0, 0.1) is 6.92 Å². The van der Waals surface area contributed by atoms with Crippen LogP contribution in [0.1, 0.15) is 23.6 Å². The van der Waals surface area contributed by atoms with Crippen molar-refractivity contribution in [3.63, 3.8) is 0 Å². The molecule has 0 atom stereocenters. The molecule has 0 saturated carbocycles. The molecule has 0 aliphatic carbocycles. The molecule has 0 heterocycles. The van der Waals surface area contributed by atoms with Gasteiger partial charge in [0.2, 0.25) is 0 Å². The fourth-order valence-corrected chi connectivity index (χ4v) is 2.80. The SMILES string of the molecule is CCOc1cc(CNCCOCCO)cc(Cl)c1OCc1ccc(C)cc1. The van der Waals surface area contributed by atoms with Crippen molar-refractivity contribution in [2.45, 2.75) is 27.0 Å². The lowest BCUT2D eigenvalue weighted by Gasteiger charge is -2.16. The molecule has 0 bridgehead atoms. The molecule has 0 aromatic heterocycles. The topological polar surface area (TPSA) is 60.0 Å². The van der Waals surface area contributed by atoms with Crippen LogP contribution < -0.4 is 14.8 Å². The van der Waals surface area contributed by atoms with Gasteiger partial charge in [-0.05, 0) is 37.1 Å². The number of halogens is 1. The molecule has 0 amide bonds. The Balaban J connectivity index is 1.98. The average Bonchev–Trinajstić information content (AvgIpc) is 2.65. The Kier molecular flexibility index (Phi) is 9.42. The first-order chi connectivity index (χ1) is 13.1. The van der Waals surface area contributed by atoms with E-state index in [1.807, 2.05) is 31.2 Å². The summed E-state index contributed by atoms with van der Waals surface area (Å²) in [5.41, 5.74) is 3.30. The van der Waals surface area contributed by atoms with Crippen molar-refractivity contribution >= 4 is 11.6 Å². The van der Waals surface area contributed by atoms with Gasteiger partial charge in [-0.3, -0.25) is 0 Å². The summed E-state index contributed by atoms with van der Waals surface area (Å²) in [7, 11) is 0. The lowest BCUT2D eigenvalue weighted by atomic mass is 10.1. The van der Waals surface area contributed by atoms with Gasteiger partial charge in [0.1, 0.15) is 6.61 Å². The van der Waals surface area contributed by atoms with Crippen molar-refractivity contribution in [1.82, 2.24) is 5.32 Å². The molecule has 148 valence electrons. The van der Waals surface area contributed by atoms with E-state index in [1.54, 1.807) is 0 Å². The Morgan fingerprint density at radius 2 is 1.81 bits per heavy atom. The first kappa shape index (κ1) is 21.5. The minimum Gasteiger partial charge on any atom is -0.490 e. The maximum absolute atomic E-state index is 8.68. The number of aliphatic hydroxyl groups excluding tert-OH is 1. The molecule has 2 N–H and O–H groups in total. The minimum atomic E-state index is 0.0391. The van der Waals surface area contributed by atoms with Gasteiger partial charge in [0.25, 0.3) is 0 Å². The lowest BCUT2D eigenvalue weighted by Crippen LogP contribution is -2.20. The van der Waals surface area contributed by atoms with Gasteiger partial charge in [-0.2, -0.15) is 0 Å². The smallest absolute Gasteiger partial charge is 0.180 e. The van der Waals surface area contributed by atoms with Gasteiger partial charge in [-0.25, -0.2) is 0 Å². The second kappa shape index (κ2) is 11.8. The van der Waals surface area contributed by atoms with Crippen molar-refractivity contribution in [2.75, 3.05) is 33.0 Å². The van der Waals surface area contributed by atoms with E-state index in [0.717, 1.165) is 11.1 Å². The molecule has 0 radical (unpaired) electrons. The van der Waals surface area contributed by atoms with Crippen molar-refractivity contribution in [3.05, 3.63) is 58.1 Å². The highest BCUT2D eigenvalue weighted by molar-refractivity contribution is 6.32. The van der Waals surface area contributed by atoms with Crippen LogP contribution in [0.2, 0.25) is 5.02 Å². The molecule has 0 aliphatic heterocycles. The summed E-state index contributed by atoms with van der Waals surface area (Å²) in [5, 5.41) is 12.5. The summed E-state index contributed by atoms with van der Waals surface area (Å²) >= 11 is 6.46. The molecule has 6 heteroatoms. The standard InChI is InChI=1S/C21H28ClNO4/c1-3-26-20-13-18(14-23-8-10-25-11-9-24)12-19(22)21(20)27-15-17-6-4-16(2)5-7-17/h4-7,12-13,23-24H,3,8-11,14-15H2,1-2H3. The highest BCUT2D eigenvalue weighted by atomic mass is 35.5. The molecule has 0 aliphatic rings. The largest absolute Gasteiger partial charge is 0.490 e. The molecule has 2 aromatic carbocycles. The minimum absolute atomic E-state index is 0.0391. The van der Waals surface area contributed by atoms with Crippen molar-refractivity contribution < 1.29 is 19.3 Å². The van der Waals surface area contributed by atoms with Crippen LogP contribution in [0.4, 0.5) is 0 Å². The Morgan fingerprint density at radius 3 is 2.52 bits per heavy atom. The van der Waals surface area contributed by atoms with E-state index in [0.29, 0.717) is 56.0 Å². The second-order valence-corrected chi connectivity index (χ2v) is 6.53. The fourth-order valence-electron chi connectivity index (χ4n) is 2.51. The molecular weight excluding hydrogens is 366 g/mol. The summed E-state index contributed by atoms with van der Waals surface area (Å²) in [6.45, 7) is 7.22. The van der Waals surface area contributed by atoms with E-state index < -0.39 is 0 Å². The number of aliphatic hydroxyl groups is 1. The summed E-state index contributed by atoms with van der Waals surface area (Å²) < 4.78 is 16.9. The Morgan fingerprint density at radius 1 is 1.04 bits per heavy atom. The van der Waals surface area contributed by atoms with E-state index in [2.05, 4.69) is 24.4 Å². The Labute approximate surface area is 166 Å². The van der Waals surface area contributed by atoms with E-state index in [1.165, 1.54) is 5.56 Å². The van der Waals surface area contributed by atoms with Crippen LogP contribution in [-0.4, -0.2) is 38.1 Å². The summed E-state index contributed by atoms with van der Waals surface area (Å²) in [6, 6.07) is 12.0. The number of rotatable bonds is 12. The van der Waals surface area contributed by atoms with Crippen molar-refractivity contribution in [2.24, 2.45) is 0 Å². The number of nitrogens with one attached hydrogen (secondary N) is 1. The molecule has 2 rings (SSSR count). The summed E-state index contributed by atoms with van der Waals surface area (Å²) in [5.74, 6) is 1.21. The maximum atomic E-state index is 8.68. The zero-order valence-electron chi connectivity index (χ0n) is 16.0. The van der Waals surface area contributed by atoms with Crippen LogP contribution in [0.5, 0.6) is 11.5 Å². The zero-order chi connectivity index (χ0) is 19.5. The van der Waals surface area contributed by atoms with Gasteiger partial charge in [0.05, 0.1) is 31.5 Å². The highest BCUT2D eigenvalue weighted by Gasteiger charge is 2.13. The van der Waals surface area contributed by atoms with Gasteiger partial charge in [0, 0.05) is 13.1 Å². The number of ether oxygens (including phenoxy) is 3. The van der Waals surface area contributed by atoms with Crippen LogP contribution in [0.15, 0.2) is 36.4 Å². The molecule has 0 unspecified atom stereocenters. The van der Waals surface area contributed by atoms with Crippen LogP contribution >= 0.6 is 11.6 Å². The maximum Gasteiger partial charge on any atom is 0.180 e. The van der Waals surface area contributed by atoms with Gasteiger partial charge < -0.3 is 24.6 Å². The third-order valence-electron chi connectivity index (χ3n) is 3.86.